The first-order valence-electron chi connectivity index (χ1n) is 5.66. The number of carbonyl (C=O) groups excluding carboxylic acids is 1. The first-order valence-corrected chi connectivity index (χ1v) is 5.66. The molecule has 1 unspecified atom stereocenters. The van der Waals surface area contributed by atoms with Gasteiger partial charge in [-0.2, -0.15) is 0 Å². The van der Waals surface area contributed by atoms with Crippen LogP contribution in [0.1, 0.15) is 40.0 Å². The van der Waals surface area contributed by atoms with Crippen LogP contribution < -0.4 is 5.32 Å². The van der Waals surface area contributed by atoms with Crippen molar-refractivity contribution in [3.05, 3.63) is 0 Å². The van der Waals surface area contributed by atoms with Crippen LogP contribution in [0.25, 0.3) is 0 Å². The number of carbonyl (C=O) groups is 1. The number of hydrogen-bond acceptors (Lipinski definition) is 2. The molecule has 0 spiro atoms. The average Bonchev–Trinajstić information content (AvgIpc) is 2.17. The van der Waals surface area contributed by atoms with E-state index in [1.165, 1.54) is 19.3 Å². The van der Waals surface area contributed by atoms with Crippen molar-refractivity contribution in [1.82, 2.24) is 10.2 Å². The van der Waals surface area contributed by atoms with Gasteiger partial charge in [0.05, 0.1) is 6.04 Å². The van der Waals surface area contributed by atoms with Gasteiger partial charge in [0.2, 0.25) is 5.91 Å². The van der Waals surface area contributed by atoms with Crippen molar-refractivity contribution in [2.24, 2.45) is 0 Å². The standard InChI is InChI=1S/C11H22N2O/c1-9(2)12-10(3)11(14)13-7-5-4-6-8-13/h9-10,12H,4-8H2,1-3H3. The van der Waals surface area contributed by atoms with Gasteiger partial charge in [-0.15, -0.1) is 0 Å². The second-order valence-electron chi connectivity index (χ2n) is 4.43. The Labute approximate surface area is 86.9 Å². The van der Waals surface area contributed by atoms with Crippen molar-refractivity contribution in [2.75, 3.05) is 13.1 Å². The summed E-state index contributed by atoms with van der Waals surface area (Å²) in [5, 5.41) is 3.25. The lowest BCUT2D eigenvalue weighted by Gasteiger charge is -2.30. The van der Waals surface area contributed by atoms with E-state index in [-0.39, 0.29) is 11.9 Å². The fourth-order valence-electron chi connectivity index (χ4n) is 1.96. The minimum atomic E-state index is -0.0342. The molecule has 0 bridgehead atoms. The highest BCUT2D eigenvalue weighted by molar-refractivity contribution is 5.81. The molecule has 0 aromatic heterocycles. The zero-order chi connectivity index (χ0) is 10.6. The van der Waals surface area contributed by atoms with Gasteiger partial charge in [0.15, 0.2) is 0 Å². The van der Waals surface area contributed by atoms with Gasteiger partial charge in [-0.1, -0.05) is 13.8 Å². The van der Waals surface area contributed by atoms with E-state index in [1.54, 1.807) is 0 Å². The summed E-state index contributed by atoms with van der Waals surface area (Å²) in [5.41, 5.74) is 0. The van der Waals surface area contributed by atoms with Crippen molar-refractivity contribution >= 4 is 5.91 Å². The number of piperidine rings is 1. The third-order valence-corrected chi connectivity index (χ3v) is 2.62. The molecule has 1 atom stereocenters. The molecule has 1 saturated heterocycles. The lowest BCUT2D eigenvalue weighted by atomic mass is 10.1. The van der Waals surface area contributed by atoms with Crippen LogP contribution in [0, 0.1) is 0 Å². The highest BCUT2D eigenvalue weighted by atomic mass is 16.2. The molecule has 14 heavy (non-hydrogen) atoms. The molecular formula is C11H22N2O. The van der Waals surface area contributed by atoms with Gasteiger partial charge in [-0.3, -0.25) is 4.79 Å². The minimum Gasteiger partial charge on any atom is -0.341 e. The Bertz CT molecular complexity index is 186. The molecule has 0 aliphatic carbocycles. The molecule has 1 amide bonds. The maximum atomic E-state index is 11.9. The van der Waals surface area contributed by atoms with Crippen molar-refractivity contribution < 1.29 is 4.79 Å². The van der Waals surface area contributed by atoms with Crippen LogP contribution >= 0.6 is 0 Å². The lowest BCUT2D eigenvalue weighted by molar-refractivity contribution is -0.134. The molecule has 0 aromatic carbocycles. The number of rotatable bonds is 3. The van der Waals surface area contributed by atoms with Crippen molar-refractivity contribution in [3.63, 3.8) is 0 Å². The summed E-state index contributed by atoms with van der Waals surface area (Å²) in [7, 11) is 0. The largest absolute Gasteiger partial charge is 0.341 e. The molecule has 1 N–H and O–H groups in total. The fourth-order valence-corrected chi connectivity index (χ4v) is 1.96. The third kappa shape index (κ3) is 3.29. The monoisotopic (exact) mass is 198 g/mol. The highest BCUT2D eigenvalue weighted by Gasteiger charge is 2.21. The maximum absolute atomic E-state index is 11.9. The molecule has 1 rings (SSSR count). The summed E-state index contributed by atoms with van der Waals surface area (Å²) in [6, 6.07) is 0.340. The van der Waals surface area contributed by atoms with Crippen molar-refractivity contribution in [3.8, 4) is 0 Å². The van der Waals surface area contributed by atoms with E-state index in [1.807, 2.05) is 11.8 Å². The van der Waals surface area contributed by atoms with E-state index in [4.69, 9.17) is 0 Å². The lowest BCUT2D eigenvalue weighted by Crippen LogP contribution is -2.48. The van der Waals surface area contributed by atoms with Crippen LogP contribution in [0.15, 0.2) is 0 Å². The summed E-state index contributed by atoms with van der Waals surface area (Å²) in [6.45, 7) is 7.99. The van der Waals surface area contributed by atoms with Gasteiger partial charge in [-0.25, -0.2) is 0 Å². The summed E-state index contributed by atoms with van der Waals surface area (Å²) < 4.78 is 0. The summed E-state index contributed by atoms with van der Waals surface area (Å²) in [4.78, 5) is 13.9. The second-order valence-corrected chi connectivity index (χ2v) is 4.43. The van der Waals surface area contributed by atoms with E-state index >= 15 is 0 Å². The number of nitrogens with one attached hydrogen (secondary N) is 1. The molecule has 0 saturated carbocycles. The van der Waals surface area contributed by atoms with Crippen LogP contribution in [-0.2, 0) is 4.79 Å². The SMILES string of the molecule is CC(C)NC(C)C(=O)N1CCCCC1. The molecule has 1 aliphatic rings. The van der Waals surface area contributed by atoms with Gasteiger partial charge in [0, 0.05) is 19.1 Å². The van der Waals surface area contributed by atoms with Gasteiger partial charge in [0.1, 0.15) is 0 Å². The molecule has 0 aromatic rings. The summed E-state index contributed by atoms with van der Waals surface area (Å²) in [5.74, 6) is 0.262. The number of amides is 1. The fraction of sp³-hybridized carbons (Fsp3) is 0.909. The topological polar surface area (TPSA) is 32.3 Å². The van der Waals surface area contributed by atoms with Gasteiger partial charge in [0.25, 0.3) is 0 Å². The Balaban J connectivity index is 2.38. The first kappa shape index (κ1) is 11.5. The van der Waals surface area contributed by atoms with E-state index in [0.717, 1.165) is 13.1 Å². The van der Waals surface area contributed by atoms with E-state index < -0.39 is 0 Å². The predicted molar refractivity (Wildman–Crippen MR) is 58.2 cm³/mol. The van der Waals surface area contributed by atoms with Crippen LogP contribution in [-0.4, -0.2) is 36.0 Å². The molecular weight excluding hydrogens is 176 g/mol. The predicted octanol–water partition coefficient (Wildman–Crippen LogP) is 1.39. The van der Waals surface area contributed by atoms with Crippen LogP contribution in [0.3, 0.4) is 0 Å². The zero-order valence-electron chi connectivity index (χ0n) is 9.55. The first-order chi connectivity index (χ1) is 6.61. The summed E-state index contributed by atoms with van der Waals surface area (Å²) in [6.07, 6.45) is 3.61. The quantitative estimate of drug-likeness (QED) is 0.743. The third-order valence-electron chi connectivity index (χ3n) is 2.62. The molecule has 1 fully saturated rings. The average molecular weight is 198 g/mol. The number of likely N-dealkylation sites (tertiary alicyclic amines) is 1. The molecule has 82 valence electrons. The van der Waals surface area contributed by atoms with Gasteiger partial charge in [-0.05, 0) is 26.2 Å². The van der Waals surface area contributed by atoms with Crippen LogP contribution in [0.5, 0.6) is 0 Å². The Kier molecular flexibility index (Phi) is 4.39. The molecule has 0 radical (unpaired) electrons. The zero-order valence-corrected chi connectivity index (χ0v) is 9.55. The van der Waals surface area contributed by atoms with E-state index in [2.05, 4.69) is 19.2 Å². The Morgan fingerprint density at radius 2 is 1.71 bits per heavy atom. The van der Waals surface area contributed by atoms with Crippen molar-refractivity contribution in [1.29, 1.82) is 0 Å². The van der Waals surface area contributed by atoms with E-state index in [0.29, 0.717) is 6.04 Å². The highest BCUT2D eigenvalue weighted by Crippen LogP contribution is 2.09. The number of nitrogens with zero attached hydrogens (tertiary/aromatic N) is 1. The Morgan fingerprint density at radius 1 is 1.14 bits per heavy atom. The maximum Gasteiger partial charge on any atom is 0.239 e. The molecule has 1 heterocycles. The van der Waals surface area contributed by atoms with Crippen LogP contribution in [0.4, 0.5) is 0 Å². The van der Waals surface area contributed by atoms with Gasteiger partial charge < -0.3 is 10.2 Å². The Morgan fingerprint density at radius 3 is 2.21 bits per heavy atom. The van der Waals surface area contributed by atoms with Gasteiger partial charge >= 0.3 is 0 Å². The second kappa shape index (κ2) is 5.35. The molecule has 3 heteroatoms. The normalized spacial score (nSPS) is 19.9. The number of hydrogen-bond donors (Lipinski definition) is 1. The van der Waals surface area contributed by atoms with E-state index in [9.17, 15) is 4.79 Å². The molecule has 1 aliphatic heterocycles. The van der Waals surface area contributed by atoms with Crippen molar-refractivity contribution in [2.45, 2.75) is 52.1 Å². The summed E-state index contributed by atoms with van der Waals surface area (Å²) >= 11 is 0. The Hall–Kier alpha value is -0.570. The minimum absolute atomic E-state index is 0.0342. The smallest absolute Gasteiger partial charge is 0.239 e. The van der Waals surface area contributed by atoms with Crippen LogP contribution in [0.2, 0.25) is 0 Å². The molecule has 3 nitrogen and oxygen atoms in total.